The maximum absolute atomic E-state index is 13.6. The van der Waals surface area contributed by atoms with Gasteiger partial charge in [-0.05, 0) is 42.5 Å². The molecule has 0 unspecified atom stereocenters. The lowest BCUT2D eigenvalue weighted by Gasteiger charge is -2.15. The second-order valence-electron chi connectivity index (χ2n) is 7.31. The highest BCUT2D eigenvalue weighted by atomic mass is 35.5. The molecule has 0 saturated carbocycles. The third-order valence-electron chi connectivity index (χ3n) is 4.63. The van der Waals surface area contributed by atoms with Crippen LogP contribution in [0.5, 0.6) is 11.5 Å². The van der Waals surface area contributed by atoms with E-state index in [2.05, 4.69) is 4.98 Å². The first-order valence-electron chi connectivity index (χ1n) is 9.89. The molecule has 0 aliphatic heterocycles. The van der Waals surface area contributed by atoms with Crippen molar-refractivity contribution in [3.63, 3.8) is 0 Å². The second-order valence-corrected chi connectivity index (χ2v) is 8.16. The Morgan fingerprint density at radius 2 is 1.95 bits per heavy atom. The number of primary amides is 1. The highest BCUT2D eigenvalue weighted by molar-refractivity contribution is 6.35. The third-order valence-corrected chi connectivity index (χ3v) is 5.16. The number of benzene rings is 2. The van der Waals surface area contributed by atoms with E-state index in [1.54, 1.807) is 6.07 Å². The summed E-state index contributed by atoms with van der Waals surface area (Å²) in [5, 5.41) is 17.0. The van der Waals surface area contributed by atoms with Crippen LogP contribution in [-0.4, -0.2) is 21.2 Å². The summed E-state index contributed by atoms with van der Waals surface area (Å²) < 4.78 is 59.8. The number of nitriles is 1. The van der Waals surface area contributed by atoms with Crippen molar-refractivity contribution in [2.45, 2.75) is 12.7 Å². The van der Waals surface area contributed by atoms with Crippen LogP contribution in [0.25, 0.3) is 5.57 Å². The lowest BCUT2D eigenvalue weighted by atomic mass is 10.0. The molecule has 1 amide bonds. The number of hydrogen-bond acceptors (Lipinski definition) is 6. The van der Waals surface area contributed by atoms with Crippen LogP contribution in [0.1, 0.15) is 16.8 Å². The summed E-state index contributed by atoms with van der Waals surface area (Å²) in [6, 6.07) is 8.22. The summed E-state index contributed by atoms with van der Waals surface area (Å²) in [5.41, 5.74) is 1.57. The molecule has 8 nitrogen and oxygen atoms in total. The first kappa shape index (κ1) is 27.4. The maximum atomic E-state index is 13.6. The van der Waals surface area contributed by atoms with Crippen molar-refractivity contribution in [1.29, 1.82) is 10.7 Å². The van der Waals surface area contributed by atoms with Gasteiger partial charge in [-0.1, -0.05) is 23.2 Å². The van der Waals surface area contributed by atoms with Gasteiger partial charge in [-0.15, -0.1) is 0 Å². The molecule has 2 aromatic carbocycles. The molecule has 0 aliphatic rings. The minimum Gasteiger partial charge on any atom is -0.449 e. The molecular weight excluding hydrogens is 541 g/mol. The molecule has 190 valence electrons. The van der Waals surface area contributed by atoms with Crippen molar-refractivity contribution in [1.82, 2.24) is 9.55 Å². The van der Waals surface area contributed by atoms with Crippen LogP contribution in [0, 0.1) is 22.6 Å². The van der Waals surface area contributed by atoms with E-state index in [9.17, 15) is 27.2 Å². The van der Waals surface area contributed by atoms with Gasteiger partial charge in [0.2, 0.25) is 11.7 Å². The van der Waals surface area contributed by atoms with E-state index in [1.807, 2.05) is 0 Å². The van der Waals surface area contributed by atoms with Crippen molar-refractivity contribution in [3.05, 3.63) is 91.8 Å². The Morgan fingerprint density at radius 3 is 2.54 bits per heavy atom. The van der Waals surface area contributed by atoms with Gasteiger partial charge in [0.05, 0.1) is 35.2 Å². The highest BCUT2D eigenvalue weighted by Crippen LogP contribution is 2.35. The molecular formula is C23H13Cl2F4N5O3. The fourth-order valence-corrected chi connectivity index (χ4v) is 3.57. The number of hydrogen-bond donors (Lipinski definition) is 2. The molecule has 0 spiro atoms. The fourth-order valence-electron chi connectivity index (χ4n) is 3.07. The fraction of sp³-hybridized carbons (Fsp3) is 0.0870. The van der Waals surface area contributed by atoms with E-state index in [0.29, 0.717) is 10.9 Å². The van der Waals surface area contributed by atoms with E-state index < -0.39 is 47.2 Å². The van der Waals surface area contributed by atoms with Crippen LogP contribution < -0.4 is 16.0 Å². The molecule has 0 saturated heterocycles. The zero-order valence-corrected chi connectivity index (χ0v) is 19.7. The number of rotatable bonds is 7. The first-order valence-corrected chi connectivity index (χ1v) is 10.6. The standard InChI is InChI=1S/C23H13Cl2F4N5O3/c24-12-3-11(8-30)4-15(5-12)37-19-20(23(27,28)29)33-10-34(22(19)36)9-14(31)7-17(21(32)35)16-2-1-13(26)6-18(16)25/h1-7,10,31H,9H2,(H2,32,35)/b17-7-,31-14?. The number of alkyl halides is 3. The third kappa shape index (κ3) is 6.52. The molecule has 0 bridgehead atoms. The van der Waals surface area contributed by atoms with Crippen molar-refractivity contribution in [3.8, 4) is 17.6 Å². The normalized spacial score (nSPS) is 11.6. The summed E-state index contributed by atoms with van der Waals surface area (Å²) in [6.07, 6.45) is -3.60. The number of allylic oxidation sites excluding steroid dienone is 1. The number of carbonyl (C=O) groups excluding carboxylic acids is 1. The summed E-state index contributed by atoms with van der Waals surface area (Å²) >= 11 is 11.8. The number of amides is 1. The average molecular weight is 554 g/mol. The Kier molecular flexibility index (Phi) is 8.00. The largest absolute Gasteiger partial charge is 0.449 e. The molecule has 1 aromatic heterocycles. The molecule has 0 aliphatic carbocycles. The van der Waals surface area contributed by atoms with Gasteiger partial charge in [-0.2, -0.15) is 18.4 Å². The number of aromatic nitrogens is 2. The van der Waals surface area contributed by atoms with E-state index in [1.165, 1.54) is 6.07 Å². The van der Waals surface area contributed by atoms with Crippen molar-refractivity contribution >= 4 is 40.4 Å². The summed E-state index contributed by atoms with van der Waals surface area (Å²) in [7, 11) is 0. The van der Waals surface area contributed by atoms with Crippen LogP contribution >= 0.6 is 23.2 Å². The number of carbonyl (C=O) groups is 1. The molecule has 0 radical (unpaired) electrons. The van der Waals surface area contributed by atoms with Crippen LogP contribution in [0.3, 0.4) is 0 Å². The molecule has 3 N–H and O–H groups in total. The van der Waals surface area contributed by atoms with E-state index in [0.717, 1.165) is 36.4 Å². The Balaban J connectivity index is 2.04. The van der Waals surface area contributed by atoms with Gasteiger partial charge in [0.1, 0.15) is 11.6 Å². The van der Waals surface area contributed by atoms with Gasteiger partial charge in [0.15, 0.2) is 5.69 Å². The Hall–Kier alpha value is -4.21. The first-order chi connectivity index (χ1) is 17.3. The minimum atomic E-state index is -5.09. The minimum absolute atomic E-state index is 0.00326. The summed E-state index contributed by atoms with van der Waals surface area (Å²) in [6.45, 7) is -0.658. The molecule has 3 aromatic rings. The SMILES string of the molecule is N#Cc1cc(Cl)cc(Oc2c(C(F)(F)F)ncn(CC(=N)/C=C(\C(N)=O)c3ccc(F)cc3Cl)c2=O)c1. The van der Waals surface area contributed by atoms with Gasteiger partial charge in [0, 0.05) is 16.2 Å². The van der Waals surface area contributed by atoms with Crippen molar-refractivity contribution < 1.29 is 27.1 Å². The van der Waals surface area contributed by atoms with Gasteiger partial charge >= 0.3 is 6.18 Å². The topological polar surface area (TPSA) is 135 Å². The molecule has 3 rings (SSSR count). The average Bonchev–Trinajstić information content (AvgIpc) is 2.79. The predicted octanol–water partition coefficient (Wildman–Crippen LogP) is 4.96. The second kappa shape index (κ2) is 10.8. The van der Waals surface area contributed by atoms with Gasteiger partial charge < -0.3 is 15.9 Å². The molecule has 0 fully saturated rings. The van der Waals surface area contributed by atoms with E-state index in [-0.39, 0.29) is 32.5 Å². The van der Waals surface area contributed by atoms with Gasteiger partial charge in [0.25, 0.3) is 5.56 Å². The van der Waals surface area contributed by atoms with Crippen LogP contribution in [-0.2, 0) is 17.5 Å². The number of nitrogens with zero attached hydrogens (tertiary/aromatic N) is 3. The summed E-state index contributed by atoms with van der Waals surface area (Å²) in [4.78, 5) is 28.1. The Bertz CT molecular complexity index is 1540. The van der Waals surface area contributed by atoms with Gasteiger partial charge in [-0.25, -0.2) is 9.37 Å². The number of nitrogens with two attached hydrogens (primary N) is 1. The zero-order valence-electron chi connectivity index (χ0n) is 18.2. The molecule has 0 atom stereocenters. The molecule has 1 heterocycles. The predicted molar refractivity (Wildman–Crippen MR) is 126 cm³/mol. The van der Waals surface area contributed by atoms with Crippen LogP contribution in [0.2, 0.25) is 10.0 Å². The number of nitrogens with one attached hydrogen (secondary N) is 1. The maximum Gasteiger partial charge on any atom is 0.437 e. The number of halogens is 6. The Labute approximate surface area is 215 Å². The quantitative estimate of drug-likeness (QED) is 0.242. The molecule has 14 heteroatoms. The van der Waals surface area contributed by atoms with Crippen LogP contribution in [0.4, 0.5) is 17.6 Å². The van der Waals surface area contributed by atoms with Crippen molar-refractivity contribution in [2.75, 3.05) is 0 Å². The summed E-state index contributed by atoms with van der Waals surface area (Å²) in [5.74, 6) is -3.28. The van der Waals surface area contributed by atoms with Crippen molar-refractivity contribution in [2.24, 2.45) is 5.73 Å². The monoisotopic (exact) mass is 553 g/mol. The van der Waals surface area contributed by atoms with Crippen LogP contribution in [0.15, 0.2) is 53.6 Å². The number of ether oxygens (including phenoxy) is 1. The Morgan fingerprint density at radius 1 is 1.24 bits per heavy atom. The zero-order chi connectivity index (χ0) is 27.5. The molecule has 37 heavy (non-hydrogen) atoms. The van der Waals surface area contributed by atoms with Gasteiger partial charge in [-0.3, -0.25) is 14.2 Å². The van der Waals surface area contributed by atoms with E-state index >= 15 is 0 Å². The lowest BCUT2D eigenvalue weighted by Crippen LogP contribution is -2.28. The van der Waals surface area contributed by atoms with E-state index in [4.69, 9.17) is 44.3 Å². The lowest BCUT2D eigenvalue weighted by molar-refractivity contribution is -0.142. The smallest absolute Gasteiger partial charge is 0.437 e. The highest BCUT2D eigenvalue weighted by Gasteiger charge is 2.38.